The van der Waals surface area contributed by atoms with Crippen molar-refractivity contribution in [1.82, 2.24) is 20.2 Å². The van der Waals surface area contributed by atoms with Gasteiger partial charge in [0.2, 0.25) is 0 Å². The third-order valence-electron chi connectivity index (χ3n) is 2.69. The summed E-state index contributed by atoms with van der Waals surface area (Å²) < 4.78 is 5.68. The van der Waals surface area contributed by atoms with Gasteiger partial charge in [-0.15, -0.1) is 21.5 Å². The lowest BCUT2D eigenvalue weighted by atomic mass is 10.3. The lowest BCUT2D eigenvalue weighted by molar-refractivity contribution is 0.466. The average molecular weight is 373 g/mol. The molecule has 5 nitrogen and oxygen atoms in total. The number of halogens is 2. The Balaban J connectivity index is 1.73. The lowest BCUT2D eigenvalue weighted by Gasteiger charge is -1.99. The average Bonchev–Trinajstić information content (AvgIpc) is 3.01. The summed E-state index contributed by atoms with van der Waals surface area (Å²) >= 11 is 14.7. The van der Waals surface area contributed by atoms with Gasteiger partial charge in [0.05, 0.1) is 10.7 Å². The lowest BCUT2D eigenvalue weighted by Crippen LogP contribution is -1.84. The Morgan fingerprint density at radius 1 is 1.14 bits per heavy atom. The van der Waals surface area contributed by atoms with Crippen molar-refractivity contribution in [3.63, 3.8) is 0 Å². The molecule has 0 aliphatic rings. The highest BCUT2D eigenvalue weighted by Gasteiger charge is 2.15. The van der Waals surface area contributed by atoms with Crippen molar-refractivity contribution < 1.29 is 4.42 Å². The highest BCUT2D eigenvalue weighted by molar-refractivity contribution is 7.98. The number of hydrogen-bond donors (Lipinski definition) is 0. The van der Waals surface area contributed by atoms with E-state index in [0.717, 1.165) is 21.1 Å². The summed E-state index contributed by atoms with van der Waals surface area (Å²) in [6, 6.07) is 3.52. The van der Waals surface area contributed by atoms with Gasteiger partial charge < -0.3 is 4.42 Å². The number of aromatic nitrogens is 4. The minimum atomic E-state index is 0.366. The van der Waals surface area contributed by atoms with E-state index in [4.69, 9.17) is 27.6 Å². The molecule has 9 heteroatoms. The van der Waals surface area contributed by atoms with E-state index in [0.29, 0.717) is 27.2 Å². The molecule has 0 spiro atoms. The number of nitrogens with zero attached hydrogens (tertiary/aromatic N) is 4. The van der Waals surface area contributed by atoms with Crippen molar-refractivity contribution in [3.05, 3.63) is 38.7 Å². The molecule has 0 fully saturated rings. The van der Waals surface area contributed by atoms with Gasteiger partial charge in [-0.25, -0.2) is 9.97 Å². The van der Waals surface area contributed by atoms with Crippen LogP contribution in [0.15, 0.2) is 21.8 Å². The molecule has 0 radical (unpaired) electrons. The summed E-state index contributed by atoms with van der Waals surface area (Å²) in [7, 11) is 0. The summed E-state index contributed by atoms with van der Waals surface area (Å²) in [5.41, 5.74) is 1.84. The fourth-order valence-electron chi connectivity index (χ4n) is 1.83. The molecule has 22 heavy (non-hydrogen) atoms. The third-order valence-corrected chi connectivity index (χ3v) is 5.03. The second-order valence-electron chi connectivity index (χ2n) is 4.43. The van der Waals surface area contributed by atoms with Crippen molar-refractivity contribution in [1.29, 1.82) is 0 Å². The first-order valence-electron chi connectivity index (χ1n) is 6.24. The van der Waals surface area contributed by atoms with Crippen LogP contribution >= 0.6 is 46.3 Å². The Morgan fingerprint density at radius 3 is 2.50 bits per heavy atom. The molecular weight excluding hydrogens is 363 g/mol. The van der Waals surface area contributed by atoms with Gasteiger partial charge in [0.15, 0.2) is 0 Å². The summed E-state index contributed by atoms with van der Waals surface area (Å²) in [6.45, 7) is 3.88. The van der Waals surface area contributed by atoms with Crippen LogP contribution in [-0.2, 0) is 5.75 Å². The molecule has 0 atom stereocenters. The normalized spacial score (nSPS) is 11.1. The minimum absolute atomic E-state index is 0.366. The van der Waals surface area contributed by atoms with Gasteiger partial charge >= 0.3 is 0 Å². The predicted octanol–water partition coefficient (Wildman–Crippen LogP) is 4.80. The van der Waals surface area contributed by atoms with Gasteiger partial charge in [0.25, 0.3) is 11.1 Å². The molecule has 0 aliphatic carbocycles. The molecule has 3 aromatic rings. The first-order chi connectivity index (χ1) is 10.5. The summed E-state index contributed by atoms with van der Waals surface area (Å²) in [6.07, 6.45) is 0. The van der Waals surface area contributed by atoms with Gasteiger partial charge in [-0.05, 0) is 31.5 Å². The van der Waals surface area contributed by atoms with E-state index in [-0.39, 0.29) is 0 Å². The quantitative estimate of drug-likeness (QED) is 0.483. The molecule has 0 unspecified atom stereocenters. The molecule has 0 saturated heterocycles. The summed E-state index contributed by atoms with van der Waals surface area (Å²) in [5.74, 6) is 1.11. The number of thioether (sulfide) groups is 1. The third kappa shape index (κ3) is 3.60. The van der Waals surface area contributed by atoms with E-state index in [1.54, 1.807) is 12.1 Å². The standard InChI is InChI=1S/C13H10Cl2N4OS2/c1-6-11(22-7(2)16-6)12-18-19-13(20-12)21-5-8-3-9(14)17-10(15)4-8/h3-4H,5H2,1-2H3. The second-order valence-corrected chi connectivity index (χ2v) is 7.33. The zero-order chi connectivity index (χ0) is 15.7. The van der Waals surface area contributed by atoms with Crippen LogP contribution in [0.3, 0.4) is 0 Å². The van der Waals surface area contributed by atoms with Gasteiger partial charge in [-0.2, -0.15) is 0 Å². The molecule has 0 amide bonds. The minimum Gasteiger partial charge on any atom is -0.410 e. The van der Waals surface area contributed by atoms with Crippen LogP contribution in [0.1, 0.15) is 16.3 Å². The Bertz CT molecular complexity index is 798. The van der Waals surface area contributed by atoms with Crippen LogP contribution < -0.4 is 0 Å². The molecule has 3 heterocycles. The zero-order valence-corrected chi connectivity index (χ0v) is 14.8. The number of rotatable bonds is 4. The maximum Gasteiger partial charge on any atom is 0.277 e. The van der Waals surface area contributed by atoms with Crippen LogP contribution in [0.2, 0.25) is 10.3 Å². The molecule has 3 rings (SSSR count). The van der Waals surface area contributed by atoms with Gasteiger partial charge in [-0.3, -0.25) is 0 Å². The van der Waals surface area contributed by atoms with Crippen LogP contribution in [0, 0.1) is 13.8 Å². The highest BCUT2D eigenvalue weighted by Crippen LogP contribution is 2.31. The monoisotopic (exact) mass is 372 g/mol. The fraction of sp³-hybridized carbons (Fsp3) is 0.231. The van der Waals surface area contributed by atoms with Crippen molar-refractivity contribution >= 4 is 46.3 Å². The van der Waals surface area contributed by atoms with E-state index in [1.807, 2.05) is 13.8 Å². The Labute approximate surface area is 145 Å². The maximum atomic E-state index is 5.87. The van der Waals surface area contributed by atoms with Crippen LogP contribution in [0.5, 0.6) is 0 Å². The van der Waals surface area contributed by atoms with Crippen molar-refractivity contribution in [2.45, 2.75) is 24.8 Å². The molecule has 0 bridgehead atoms. The van der Waals surface area contributed by atoms with Crippen LogP contribution in [0.4, 0.5) is 0 Å². The van der Waals surface area contributed by atoms with Crippen molar-refractivity contribution in [2.75, 3.05) is 0 Å². The van der Waals surface area contributed by atoms with E-state index < -0.39 is 0 Å². The summed E-state index contributed by atoms with van der Waals surface area (Å²) in [5, 5.41) is 10.3. The highest BCUT2D eigenvalue weighted by atomic mass is 35.5. The molecule has 0 saturated carbocycles. The zero-order valence-electron chi connectivity index (χ0n) is 11.6. The summed E-state index contributed by atoms with van der Waals surface area (Å²) in [4.78, 5) is 9.18. The predicted molar refractivity (Wildman–Crippen MR) is 88.7 cm³/mol. The van der Waals surface area contributed by atoms with Gasteiger partial charge in [0, 0.05) is 5.75 Å². The number of thiazole rings is 1. The maximum absolute atomic E-state index is 5.87. The molecule has 0 aromatic carbocycles. The number of pyridine rings is 1. The van der Waals surface area contributed by atoms with E-state index in [2.05, 4.69) is 20.2 Å². The second kappa shape index (κ2) is 6.54. The van der Waals surface area contributed by atoms with E-state index in [9.17, 15) is 0 Å². The first kappa shape index (κ1) is 15.7. The van der Waals surface area contributed by atoms with Crippen molar-refractivity contribution in [3.8, 4) is 10.8 Å². The van der Waals surface area contributed by atoms with Crippen molar-refractivity contribution in [2.24, 2.45) is 0 Å². The molecule has 0 N–H and O–H groups in total. The fourth-order valence-corrected chi connectivity index (χ4v) is 3.87. The molecule has 3 aromatic heterocycles. The van der Waals surface area contributed by atoms with Crippen LogP contribution in [0.25, 0.3) is 10.8 Å². The van der Waals surface area contributed by atoms with Gasteiger partial charge in [-0.1, -0.05) is 35.0 Å². The van der Waals surface area contributed by atoms with E-state index >= 15 is 0 Å². The Morgan fingerprint density at radius 2 is 1.86 bits per heavy atom. The number of hydrogen-bond acceptors (Lipinski definition) is 7. The topological polar surface area (TPSA) is 64.7 Å². The molecule has 114 valence electrons. The number of aryl methyl sites for hydroxylation is 2. The van der Waals surface area contributed by atoms with Gasteiger partial charge in [0.1, 0.15) is 15.2 Å². The first-order valence-corrected chi connectivity index (χ1v) is 8.80. The van der Waals surface area contributed by atoms with Crippen LogP contribution in [-0.4, -0.2) is 20.2 Å². The SMILES string of the molecule is Cc1nc(C)c(-c2nnc(SCc3cc(Cl)nc(Cl)c3)o2)s1. The largest absolute Gasteiger partial charge is 0.410 e. The Hall–Kier alpha value is -1.15. The Kier molecular flexibility index (Phi) is 4.67. The smallest absolute Gasteiger partial charge is 0.277 e. The molecule has 0 aliphatic heterocycles. The van der Waals surface area contributed by atoms with E-state index in [1.165, 1.54) is 23.1 Å². The molecular formula is C13H10Cl2N4OS2.